The van der Waals surface area contributed by atoms with Gasteiger partial charge in [-0.3, -0.25) is 4.79 Å². The summed E-state index contributed by atoms with van der Waals surface area (Å²) in [4.78, 5) is 13.7. The standard InChI is InChI=1S/C11H21N3O3S/c12-9-1-3-10(4-2-9)14-6-8(5-11(14)15)7-18(13,16)17/h8-10H,1-7,12H2,(H2,13,16,17). The van der Waals surface area contributed by atoms with Crippen molar-refractivity contribution in [2.45, 2.75) is 44.2 Å². The van der Waals surface area contributed by atoms with Crippen molar-refractivity contribution in [3.63, 3.8) is 0 Å². The van der Waals surface area contributed by atoms with E-state index >= 15 is 0 Å². The highest BCUT2D eigenvalue weighted by Crippen LogP contribution is 2.28. The van der Waals surface area contributed by atoms with Crippen LogP contribution in [0.15, 0.2) is 0 Å². The third kappa shape index (κ3) is 3.43. The normalized spacial score (nSPS) is 34.0. The lowest BCUT2D eigenvalue weighted by atomic mass is 9.91. The highest BCUT2D eigenvalue weighted by atomic mass is 32.2. The van der Waals surface area contributed by atoms with Crippen LogP contribution in [0.3, 0.4) is 0 Å². The van der Waals surface area contributed by atoms with Crippen molar-refractivity contribution < 1.29 is 13.2 Å². The molecule has 1 aliphatic heterocycles. The zero-order valence-electron chi connectivity index (χ0n) is 10.4. The second kappa shape index (κ2) is 5.14. The van der Waals surface area contributed by atoms with Crippen molar-refractivity contribution >= 4 is 15.9 Å². The third-order valence-corrected chi connectivity index (χ3v) is 4.82. The Morgan fingerprint density at radius 1 is 1.22 bits per heavy atom. The fraction of sp³-hybridized carbons (Fsp3) is 0.909. The van der Waals surface area contributed by atoms with Crippen LogP contribution in [0.2, 0.25) is 0 Å². The smallest absolute Gasteiger partial charge is 0.223 e. The van der Waals surface area contributed by atoms with Gasteiger partial charge in [-0.15, -0.1) is 0 Å². The van der Waals surface area contributed by atoms with Gasteiger partial charge >= 0.3 is 0 Å². The van der Waals surface area contributed by atoms with E-state index < -0.39 is 10.0 Å². The van der Waals surface area contributed by atoms with Gasteiger partial charge in [0.15, 0.2) is 0 Å². The van der Waals surface area contributed by atoms with Crippen LogP contribution in [0.5, 0.6) is 0 Å². The average Bonchev–Trinajstić information content (AvgIpc) is 2.58. The summed E-state index contributed by atoms with van der Waals surface area (Å²) in [5.41, 5.74) is 5.84. The summed E-state index contributed by atoms with van der Waals surface area (Å²) in [7, 11) is -3.49. The van der Waals surface area contributed by atoms with Gasteiger partial charge in [-0.25, -0.2) is 13.6 Å². The van der Waals surface area contributed by atoms with Crippen LogP contribution in [0.4, 0.5) is 0 Å². The van der Waals surface area contributed by atoms with E-state index in [9.17, 15) is 13.2 Å². The van der Waals surface area contributed by atoms with Crippen LogP contribution in [0.1, 0.15) is 32.1 Å². The second-order valence-electron chi connectivity index (χ2n) is 5.51. The fourth-order valence-corrected chi connectivity index (χ4v) is 3.90. The number of nitrogens with two attached hydrogens (primary N) is 2. The first-order valence-electron chi connectivity index (χ1n) is 6.40. The van der Waals surface area contributed by atoms with E-state index in [0.717, 1.165) is 25.7 Å². The zero-order chi connectivity index (χ0) is 13.3. The van der Waals surface area contributed by atoms with Crippen LogP contribution in [-0.2, 0) is 14.8 Å². The molecule has 1 unspecified atom stereocenters. The highest BCUT2D eigenvalue weighted by Gasteiger charge is 2.36. The maximum absolute atomic E-state index is 11.9. The van der Waals surface area contributed by atoms with Crippen LogP contribution in [-0.4, -0.2) is 43.6 Å². The topological polar surface area (TPSA) is 106 Å². The van der Waals surface area contributed by atoms with Crippen molar-refractivity contribution in [2.24, 2.45) is 16.8 Å². The number of sulfonamides is 1. The molecule has 1 heterocycles. The molecule has 104 valence electrons. The van der Waals surface area contributed by atoms with Crippen molar-refractivity contribution in [1.29, 1.82) is 0 Å². The molecule has 0 aromatic carbocycles. The van der Waals surface area contributed by atoms with Gasteiger partial charge in [0.2, 0.25) is 15.9 Å². The predicted octanol–water partition coefficient (Wildman–Crippen LogP) is -0.607. The molecule has 0 aromatic heterocycles. The van der Waals surface area contributed by atoms with Crippen LogP contribution in [0.25, 0.3) is 0 Å². The Labute approximate surface area is 108 Å². The molecule has 6 nitrogen and oxygen atoms in total. The number of carbonyl (C=O) groups is 1. The Bertz CT molecular complexity index is 415. The van der Waals surface area contributed by atoms with E-state index in [-0.39, 0.29) is 29.7 Å². The van der Waals surface area contributed by atoms with Gasteiger partial charge in [0.05, 0.1) is 5.75 Å². The summed E-state index contributed by atoms with van der Waals surface area (Å²) in [6.45, 7) is 0.523. The number of likely N-dealkylation sites (tertiary alicyclic amines) is 1. The van der Waals surface area contributed by atoms with Crippen molar-refractivity contribution in [3.05, 3.63) is 0 Å². The molecule has 0 aromatic rings. The molecule has 2 aliphatic rings. The van der Waals surface area contributed by atoms with Gasteiger partial charge < -0.3 is 10.6 Å². The second-order valence-corrected chi connectivity index (χ2v) is 7.17. The van der Waals surface area contributed by atoms with Gasteiger partial charge in [-0.1, -0.05) is 0 Å². The summed E-state index contributed by atoms with van der Waals surface area (Å²) < 4.78 is 22.1. The summed E-state index contributed by atoms with van der Waals surface area (Å²) in [6.07, 6.45) is 4.03. The quantitative estimate of drug-likeness (QED) is 0.716. The number of carbonyl (C=O) groups excluding carboxylic acids is 1. The lowest BCUT2D eigenvalue weighted by Crippen LogP contribution is -2.42. The van der Waals surface area contributed by atoms with Crippen molar-refractivity contribution in [1.82, 2.24) is 4.90 Å². The van der Waals surface area contributed by atoms with Crippen LogP contribution < -0.4 is 10.9 Å². The minimum atomic E-state index is -3.49. The highest BCUT2D eigenvalue weighted by molar-refractivity contribution is 7.89. The lowest BCUT2D eigenvalue weighted by Gasteiger charge is -2.33. The molecule has 7 heteroatoms. The van der Waals surface area contributed by atoms with Crippen molar-refractivity contribution in [3.8, 4) is 0 Å². The fourth-order valence-electron chi connectivity index (χ4n) is 3.01. The SMILES string of the molecule is NC1CCC(N2CC(CS(N)(=O)=O)CC2=O)CC1. The number of hydrogen-bond acceptors (Lipinski definition) is 4. The molecule has 2 fully saturated rings. The van der Waals surface area contributed by atoms with E-state index in [1.165, 1.54) is 0 Å². The Morgan fingerprint density at radius 2 is 1.83 bits per heavy atom. The van der Waals surface area contributed by atoms with Gasteiger partial charge in [0.1, 0.15) is 0 Å². The molecule has 1 amide bonds. The summed E-state index contributed by atoms with van der Waals surface area (Å²) >= 11 is 0. The minimum absolute atomic E-state index is 0.0594. The van der Waals surface area contributed by atoms with Gasteiger partial charge in [-0.05, 0) is 25.7 Å². The van der Waals surface area contributed by atoms with Gasteiger partial charge in [0.25, 0.3) is 0 Å². The number of rotatable bonds is 3. The van der Waals surface area contributed by atoms with Crippen LogP contribution in [0, 0.1) is 5.92 Å². The van der Waals surface area contributed by atoms with E-state index in [2.05, 4.69) is 0 Å². The Kier molecular flexibility index (Phi) is 3.93. The zero-order valence-corrected chi connectivity index (χ0v) is 11.2. The molecule has 1 atom stereocenters. The Hall–Kier alpha value is -0.660. The predicted molar refractivity (Wildman–Crippen MR) is 68.0 cm³/mol. The molecule has 0 spiro atoms. The van der Waals surface area contributed by atoms with Crippen molar-refractivity contribution in [2.75, 3.05) is 12.3 Å². The number of amides is 1. The maximum Gasteiger partial charge on any atom is 0.223 e. The molecule has 1 saturated carbocycles. The first-order chi connectivity index (χ1) is 8.35. The lowest BCUT2D eigenvalue weighted by molar-refractivity contribution is -0.130. The molecular weight excluding hydrogens is 254 g/mol. The molecule has 18 heavy (non-hydrogen) atoms. The average molecular weight is 275 g/mol. The molecule has 1 saturated heterocycles. The molecular formula is C11H21N3O3S. The first-order valence-corrected chi connectivity index (χ1v) is 8.12. The molecule has 2 rings (SSSR count). The Balaban J connectivity index is 1.93. The van der Waals surface area contributed by atoms with Gasteiger partial charge in [-0.2, -0.15) is 0 Å². The summed E-state index contributed by atoms with van der Waals surface area (Å²) in [5.74, 6) is -0.186. The largest absolute Gasteiger partial charge is 0.339 e. The molecule has 4 N–H and O–H groups in total. The maximum atomic E-state index is 11.9. The van der Waals surface area contributed by atoms with Crippen LogP contribution >= 0.6 is 0 Å². The molecule has 1 aliphatic carbocycles. The number of nitrogens with zero attached hydrogens (tertiary/aromatic N) is 1. The van der Waals surface area contributed by atoms with E-state index in [1.807, 2.05) is 4.90 Å². The minimum Gasteiger partial charge on any atom is -0.339 e. The molecule has 0 bridgehead atoms. The van der Waals surface area contributed by atoms with E-state index in [4.69, 9.17) is 10.9 Å². The van der Waals surface area contributed by atoms with E-state index in [0.29, 0.717) is 13.0 Å². The number of hydrogen-bond donors (Lipinski definition) is 2. The third-order valence-electron chi connectivity index (χ3n) is 3.89. The van der Waals surface area contributed by atoms with E-state index in [1.54, 1.807) is 0 Å². The monoisotopic (exact) mass is 275 g/mol. The molecule has 0 radical (unpaired) electrons. The summed E-state index contributed by atoms with van der Waals surface area (Å²) in [6, 6.07) is 0.488. The van der Waals surface area contributed by atoms with Gasteiger partial charge in [0, 0.05) is 31.0 Å². The first kappa shape index (κ1) is 13.8. The summed E-state index contributed by atoms with van der Waals surface area (Å²) in [5, 5.41) is 5.03. The Morgan fingerprint density at radius 3 is 2.39 bits per heavy atom. The number of primary sulfonamides is 1.